The summed E-state index contributed by atoms with van der Waals surface area (Å²) in [7, 11) is 3.44. The highest BCUT2D eigenvalue weighted by atomic mass is 16.5. The number of ether oxygens (including phenoxy) is 1. The molecule has 0 unspecified atom stereocenters. The van der Waals surface area contributed by atoms with E-state index >= 15 is 0 Å². The summed E-state index contributed by atoms with van der Waals surface area (Å²) in [6.45, 7) is 3.61. The van der Waals surface area contributed by atoms with Gasteiger partial charge in [-0.1, -0.05) is 0 Å². The first kappa shape index (κ1) is 13.5. The molecule has 0 atom stereocenters. The number of amides is 1. The van der Waals surface area contributed by atoms with Crippen LogP contribution in [-0.4, -0.2) is 42.6 Å². The summed E-state index contributed by atoms with van der Waals surface area (Å²) in [5.74, 6) is 0.0514. The lowest BCUT2D eigenvalue weighted by atomic mass is 9.90. The van der Waals surface area contributed by atoms with Crippen LogP contribution in [0.15, 0.2) is 0 Å². The van der Waals surface area contributed by atoms with Gasteiger partial charge in [-0.15, -0.1) is 0 Å². The van der Waals surface area contributed by atoms with Gasteiger partial charge in [0.2, 0.25) is 0 Å². The Labute approximate surface area is 98.1 Å². The summed E-state index contributed by atoms with van der Waals surface area (Å²) < 4.78 is 5.22. The number of hydrogen-bond donors (Lipinski definition) is 1. The van der Waals surface area contributed by atoms with E-state index in [9.17, 15) is 4.79 Å². The molecule has 0 spiro atoms. The summed E-state index contributed by atoms with van der Waals surface area (Å²) in [4.78, 5) is 14.0. The summed E-state index contributed by atoms with van der Waals surface area (Å²) in [6.07, 6.45) is 4.03. The number of likely N-dealkylation sites (N-methyl/N-ethyl adjacent to an activating group) is 1. The first-order valence-electron chi connectivity index (χ1n) is 5.96. The van der Waals surface area contributed by atoms with Crippen LogP contribution in [0, 0.1) is 0 Å². The maximum Gasteiger partial charge on any atom is 0.254 e. The Morgan fingerprint density at radius 2 is 1.81 bits per heavy atom. The molecule has 1 fully saturated rings. The molecular formula is C12H24N2O2. The molecule has 0 radical (unpaired) electrons. The molecule has 0 bridgehead atoms. The molecule has 0 aliphatic heterocycles. The SMILES string of the molecule is COC(C)(C)C(=O)N(C)C1CCC(N)CC1. The van der Waals surface area contributed by atoms with Gasteiger partial charge in [-0.2, -0.15) is 0 Å². The molecule has 1 aliphatic rings. The molecule has 16 heavy (non-hydrogen) atoms. The van der Waals surface area contributed by atoms with Crippen LogP contribution in [-0.2, 0) is 9.53 Å². The van der Waals surface area contributed by atoms with Crippen molar-refractivity contribution in [2.75, 3.05) is 14.2 Å². The van der Waals surface area contributed by atoms with Gasteiger partial charge < -0.3 is 15.4 Å². The van der Waals surface area contributed by atoms with Gasteiger partial charge in [-0.05, 0) is 39.5 Å². The average molecular weight is 228 g/mol. The Kier molecular flexibility index (Phi) is 4.33. The lowest BCUT2D eigenvalue weighted by molar-refractivity contribution is -0.152. The van der Waals surface area contributed by atoms with Crippen molar-refractivity contribution in [3.8, 4) is 0 Å². The van der Waals surface area contributed by atoms with E-state index in [-0.39, 0.29) is 5.91 Å². The highest BCUT2D eigenvalue weighted by Crippen LogP contribution is 2.23. The van der Waals surface area contributed by atoms with Gasteiger partial charge in [0.25, 0.3) is 5.91 Å². The Morgan fingerprint density at radius 3 is 2.25 bits per heavy atom. The summed E-state index contributed by atoms with van der Waals surface area (Å²) in [5.41, 5.74) is 5.13. The van der Waals surface area contributed by atoms with Gasteiger partial charge in [0, 0.05) is 26.2 Å². The van der Waals surface area contributed by atoms with E-state index in [1.54, 1.807) is 21.0 Å². The molecule has 0 aromatic rings. The van der Waals surface area contributed by atoms with Crippen molar-refractivity contribution in [1.29, 1.82) is 0 Å². The predicted molar refractivity (Wildman–Crippen MR) is 64.1 cm³/mol. The maximum atomic E-state index is 12.1. The molecule has 0 heterocycles. The number of carbonyl (C=O) groups excluding carboxylic acids is 1. The molecule has 1 aliphatic carbocycles. The fourth-order valence-corrected chi connectivity index (χ4v) is 2.17. The van der Waals surface area contributed by atoms with E-state index in [1.165, 1.54) is 0 Å². The number of hydrogen-bond acceptors (Lipinski definition) is 3. The zero-order chi connectivity index (χ0) is 12.3. The van der Waals surface area contributed by atoms with Crippen LogP contribution in [0.25, 0.3) is 0 Å². The minimum atomic E-state index is -0.728. The van der Waals surface area contributed by atoms with E-state index in [0.717, 1.165) is 25.7 Å². The number of nitrogens with zero attached hydrogens (tertiary/aromatic N) is 1. The molecular weight excluding hydrogens is 204 g/mol. The van der Waals surface area contributed by atoms with Gasteiger partial charge in [0.1, 0.15) is 5.60 Å². The van der Waals surface area contributed by atoms with Crippen molar-refractivity contribution in [3.05, 3.63) is 0 Å². The number of rotatable bonds is 3. The quantitative estimate of drug-likeness (QED) is 0.788. The molecule has 0 aromatic carbocycles. The van der Waals surface area contributed by atoms with Gasteiger partial charge in [0.05, 0.1) is 0 Å². The second-order valence-corrected chi connectivity index (χ2v) is 5.20. The van der Waals surface area contributed by atoms with E-state index < -0.39 is 5.60 Å². The molecule has 4 heteroatoms. The average Bonchev–Trinajstić information content (AvgIpc) is 2.28. The van der Waals surface area contributed by atoms with E-state index in [1.807, 2.05) is 11.9 Å². The normalized spacial score (nSPS) is 26.6. The monoisotopic (exact) mass is 228 g/mol. The summed E-state index contributed by atoms with van der Waals surface area (Å²) in [6, 6.07) is 0.636. The first-order valence-corrected chi connectivity index (χ1v) is 5.96. The minimum Gasteiger partial charge on any atom is -0.369 e. The van der Waals surface area contributed by atoms with Crippen molar-refractivity contribution in [2.24, 2.45) is 5.73 Å². The smallest absolute Gasteiger partial charge is 0.254 e. The zero-order valence-corrected chi connectivity index (χ0v) is 10.8. The number of nitrogens with two attached hydrogens (primary N) is 1. The van der Waals surface area contributed by atoms with Crippen LogP contribution in [0.3, 0.4) is 0 Å². The predicted octanol–water partition coefficient (Wildman–Crippen LogP) is 1.14. The third kappa shape index (κ3) is 2.95. The third-order valence-electron chi connectivity index (χ3n) is 3.63. The van der Waals surface area contributed by atoms with Crippen molar-refractivity contribution < 1.29 is 9.53 Å². The van der Waals surface area contributed by atoms with Crippen LogP contribution in [0.2, 0.25) is 0 Å². The van der Waals surface area contributed by atoms with Crippen molar-refractivity contribution in [3.63, 3.8) is 0 Å². The lowest BCUT2D eigenvalue weighted by Gasteiger charge is -2.37. The second kappa shape index (κ2) is 5.15. The van der Waals surface area contributed by atoms with Crippen LogP contribution < -0.4 is 5.73 Å². The first-order chi connectivity index (χ1) is 7.38. The van der Waals surface area contributed by atoms with E-state index in [2.05, 4.69) is 0 Å². The minimum absolute atomic E-state index is 0.0514. The molecule has 94 valence electrons. The number of carbonyl (C=O) groups is 1. The Hall–Kier alpha value is -0.610. The topological polar surface area (TPSA) is 55.6 Å². The Morgan fingerprint density at radius 1 is 1.31 bits per heavy atom. The fraction of sp³-hybridized carbons (Fsp3) is 0.917. The van der Waals surface area contributed by atoms with Crippen molar-refractivity contribution in [2.45, 2.75) is 57.2 Å². The summed E-state index contributed by atoms with van der Waals surface area (Å²) >= 11 is 0. The van der Waals surface area contributed by atoms with Gasteiger partial charge in [-0.3, -0.25) is 4.79 Å². The second-order valence-electron chi connectivity index (χ2n) is 5.20. The molecule has 0 saturated heterocycles. The van der Waals surface area contributed by atoms with Crippen LogP contribution in [0.5, 0.6) is 0 Å². The van der Waals surface area contributed by atoms with Gasteiger partial charge >= 0.3 is 0 Å². The van der Waals surface area contributed by atoms with E-state index in [4.69, 9.17) is 10.5 Å². The lowest BCUT2D eigenvalue weighted by Crippen LogP contribution is -2.50. The molecule has 1 amide bonds. The molecule has 1 saturated carbocycles. The third-order valence-corrected chi connectivity index (χ3v) is 3.63. The molecule has 2 N–H and O–H groups in total. The Balaban J connectivity index is 2.57. The van der Waals surface area contributed by atoms with Crippen molar-refractivity contribution >= 4 is 5.91 Å². The maximum absolute atomic E-state index is 12.1. The van der Waals surface area contributed by atoms with Gasteiger partial charge in [-0.25, -0.2) is 0 Å². The molecule has 4 nitrogen and oxygen atoms in total. The zero-order valence-electron chi connectivity index (χ0n) is 10.8. The number of methoxy groups -OCH3 is 1. The van der Waals surface area contributed by atoms with Gasteiger partial charge in [0.15, 0.2) is 0 Å². The van der Waals surface area contributed by atoms with Crippen LogP contribution in [0.1, 0.15) is 39.5 Å². The standard InChI is InChI=1S/C12H24N2O2/c1-12(2,16-4)11(15)14(3)10-7-5-9(13)6-8-10/h9-10H,5-8,13H2,1-4H3. The largest absolute Gasteiger partial charge is 0.369 e. The highest BCUT2D eigenvalue weighted by molar-refractivity contribution is 5.84. The fourth-order valence-electron chi connectivity index (χ4n) is 2.17. The van der Waals surface area contributed by atoms with Crippen molar-refractivity contribution in [1.82, 2.24) is 4.90 Å². The summed E-state index contributed by atoms with van der Waals surface area (Å²) in [5, 5.41) is 0. The van der Waals surface area contributed by atoms with E-state index in [0.29, 0.717) is 12.1 Å². The van der Waals surface area contributed by atoms with Crippen LogP contribution >= 0.6 is 0 Å². The van der Waals surface area contributed by atoms with Crippen LogP contribution in [0.4, 0.5) is 0 Å². The molecule has 0 aromatic heterocycles. The highest BCUT2D eigenvalue weighted by Gasteiger charge is 2.34. The Bertz CT molecular complexity index is 245. The molecule has 1 rings (SSSR count).